The molecule has 1 amide bonds. The van der Waals surface area contributed by atoms with E-state index in [1.807, 2.05) is 26.0 Å². The zero-order valence-corrected chi connectivity index (χ0v) is 11.7. The molecular weight excluding hydrogens is 242 g/mol. The summed E-state index contributed by atoms with van der Waals surface area (Å²) in [6, 6.07) is 3.82. The summed E-state index contributed by atoms with van der Waals surface area (Å²) in [6.07, 6.45) is 4.33. The van der Waals surface area contributed by atoms with Gasteiger partial charge in [-0.15, -0.1) is 0 Å². The third-order valence-electron chi connectivity index (χ3n) is 2.62. The van der Waals surface area contributed by atoms with Crippen LogP contribution in [-0.4, -0.2) is 41.6 Å². The Kier molecular flexibility index (Phi) is 7.07. The summed E-state index contributed by atoms with van der Waals surface area (Å²) in [5, 5.41) is 0. The Hall–Kier alpha value is -1.46. The summed E-state index contributed by atoms with van der Waals surface area (Å²) < 4.78 is 5.36. The Bertz CT molecular complexity index is 368. The number of pyridine rings is 1. The Labute approximate surface area is 114 Å². The van der Waals surface area contributed by atoms with Gasteiger partial charge in [-0.1, -0.05) is 6.07 Å². The fraction of sp³-hybridized carbons (Fsp3) is 0.571. The molecule has 0 aliphatic carbocycles. The number of nitrogens with two attached hydrogens (primary N) is 1. The van der Waals surface area contributed by atoms with Crippen LogP contribution in [-0.2, 0) is 16.1 Å². The van der Waals surface area contributed by atoms with Crippen LogP contribution in [0.25, 0.3) is 0 Å². The molecule has 0 spiro atoms. The van der Waals surface area contributed by atoms with Crippen LogP contribution < -0.4 is 5.73 Å². The van der Waals surface area contributed by atoms with Crippen molar-refractivity contribution in [2.75, 3.05) is 19.7 Å². The molecule has 0 atom stereocenters. The second-order valence-corrected chi connectivity index (χ2v) is 4.68. The number of hydrogen-bond acceptors (Lipinski definition) is 4. The van der Waals surface area contributed by atoms with E-state index in [9.17, 15) is 4.79 Å². The topological polar surface area (TPSA) is 68.5 Å². The first kappa shape index (κ1) is 15.6. The van der Waals surface area contributed by atoms with Crippen LogP contribution in [0, 0.1) is 0 Å². The van der Waals surface area contributed by atoms with Crippen LogP contribution in [0.5, 0.6) is 0 Å². The van der Waals surface area contributed by atoms with Crippen LogP contribution in [0.4, 0.5) is 0 Å². The third kappa shape index (κ3) is 6.31. The average Bonchev–Trinajstić information content (AvgIpc) is 2.41. The van der Waals surface area contributed by atoms with Gasteiger partial charge >= 0.3 is 0 Å². The van der Waals surface area contributed by atoms with Gasteiger partial charge in [0.15, 0.2) is 0 Å². The molecule has 0 unspecified atom stereocenters. The molecule has 0 fully saturated rings. The van der Waals surface area contributed by atoms with Crippen LogP contribution in [0.15, 0.2) is 24.5 Å². The molecule has 0 saturated carbocycles. The van der Waals surface area contributed by atoms with Crippen LogP contribution in [0.1, 0.15) is 25.8 Å². The molecule has 106 valence electrons. The standard InChI is InChI=1S/C14H23N3O2/c1-12(2)19-11-14(18)17(8-4-6-15)10-13-5-3-7-16-9-13/h3,5,7,9,12H,4,6,8,10-11,15H2,1-2H3. The first-order valence-electron chi connectivity index (χ1n) is 6.62. The van der Waals surface area contributed by atoms with Crippen LogP contribution in [0.3, 0.4) is 0 Å². The van der Waals surface area contributed by atoms with Crippen molar-refractivity contribution in [3.63, 3.8) is 0 Å². The minimum atomic E-state index is -0.00833. The van der Waals surface area contributed by atoms with E-state index in [0.717, 1.165) is 12.0 Å². The van der Waals surface area contributed by atoms with Crippen molar-refractivity contribution >= 4 is 5.91 Å². The maximum atomic E-state index is 12.1. The maximum Gasteiger partial charge on any atom is 0.248 e. The van der Waals surface area contributed by atoms with E-state index >= 15 is 0 Å². The number of nitrogens with zero attached hydrogens (tertiary/aromatic N) is 2. The Balaban J connectivity index is 2.57. The van der Waals surface area contributed by atoms with Crippen molar-refractivity contribution in [1.29, 1.82) is 0 Å². The van der Waals surface area contributed by atoms with E-state index < -0.39 is 0 Å². The lowest BCUT2D eigenvalue weighted by Gasteiger charge is -2.23. The second kappa shape index (κ2) is 8.61. The summed E-state index contributed by atoms with van der Waals surface area (Å²) in [6.45, 7) is 5.71. The molecular formula is C14H23N3O2. The van der Waals surface area contributed by atoms with Gasteiger partial charge < -0.3 is 15.4 Å². The summed E-state index contributed by atoms with van der Waals surface area (Å²) in [4.78, 5) is 17.9. The highest BCUT2D eigenvalue weighted by atomic mass is 16.5. The molecule has 19 heavy (non-hydrogen) atoms. The van der Waals surface area contributed by atoms with E-state index in [1.165, 1.54) is 0 Å². The molecule has 1 heterocycles. The number of carbonyl (C=O) groups is 1. The molecule has 0 aliphatic heterocycles. The van der Waals surface area contributed by atoms with Gasteiger partial charge in [0.1, 0.15) is 6.61 Å². The Morgan fingerprint density at radius 3 is 2.89 bits per heavy atom. The first-order chi connectivity index (χ1) is 9.13. The number of amides is 1. The van der Waals surface area contributed by atoms with E-state index in [2.05, 4.69) is 4.98 Å². The van der Waals surface area contributed by atoms with Crippen LogP contribution >= 0.6 is 0 Å². The molecule has 1 aromatic heterocycles. The molecule has 0 saturated heterocycles. The smallest absolute Gasteiger partial charge is 0.248 e. The van der Waals surface area contributed by atoms with Gasteiger partial charge in [0.25, 0.3) is 0 Å². The minimum absolute atomic E-state index is 0.00833. The minimum Gasteiger partial charge on any atom is -0.369 e. The van der Waals surface area contributed by atoms with Crippen molar-refractivity contribution in [2.24, 2.45) is 5.73 Å². The highest BCUT2D eigenvalue weighted by Crippen LogP contribution is 2.05. The quantitative estimate of drug-likeness (QED) is 0.766. The van der Waals surface area contributed by atoms with Crippen molar-refractivity contribution < 1.29 is 9.53 Å². The largest absolute Gasteiger partial charge is 0.369 e. The molecule has 0 aliphatic rings. The van der Waals surface area contributed by atoms with Crippen molar-refractivity contribution in [1.82, 2.24) is 9.88 Å². The van der Waals surface area contributed by atoms with Gasteiger partial charge in [0.05, 0.1) is 6.10 Å². The summed E-state index contributed by atoms with van der Waals surface area (Å²) in [7, 11) is 0. The van der Waals surface area contributed by atoms with E-state index in [1.54, 1.807) is 17.3 Å². The van der Waals surface area contributed by atoms with Crippen molar-refractivity contribution in [3.05, 3.63) is 30.1 Å². The number of carbonyl (C=O) groups excluding carboxylic acids is 1. The molecule has 5 heteroatoms. The fourth-order valence-electron chi connectivity index (χ4n) is 1.62. The Morgan fingerprint density at radius 2 is 2.32 bits per heavy atom. The van der Waals surface area contributed by atoms with Gasteiger partial charge in [-0.3, -0.25) is 9.78 Å². The normalized spacial score (nSPS) is 10.7. The lowest BCUT2D eigenvalue weighted by atomic mass is 10.2. The highest BCUT2D eigenvalue weighted by Gasteiger charge is 2.14. The molecule has 1 aromatic rings. The van der Waals surface area contributed by atoms with Gasteiger partial charge in [0, 0.05) is 25.5 Å². The summed E-state index contributed by atoms with van der Waals surface area (Å²) >= 11 is 0. The molecule has 1 rings (SSSR count). The van der Waals surface area contributed by atoms with Gasteiger partial charge in [-0.25, -0.2) is 0 Å². The monoisotopic (exact) mass is 265 g/mol. The molecule has 5 nitrogen and oxygen atoms in total. The number of ether oxygens (including phenoxy) is 1. The number of aromatic nitrogens is 1. The lowest BCUT2D eigenvalue weighted by Crippen LogP contribution is -2.35. The van der Waals surface area contributed by atoms with E-state index in [-0.39, 0.29) is 18.6 Å². The van der Waals surface area contributed by atoms with Gasteiger partial charge in [-0.05, 0) is 38.4 Å². The predicted octanol–water partition coefficient (Wildman–Crippen LogP) is 1.18. The van der Waals surface area contributed by atoms with Gasteiger partial charge in [-0.2, -0.15) is 0 Å². The van der Waals surface area contributed by atoms with E-state index in [0.29, 0.717) is 19.6 Å². The zero-order chi connectivity index (χ0) is 14.1. The molecule has 2 N–H and O–H groups in total. The maximum absolute atomic E-state index is 12.1. The zero-order valence-electron chi connectivity index (χ0n) is 11.7. The average molecular weight is 265 g/mol. The van der Waals surface area contributed by atoms with Gasteiger partial charge in [0.2, 0.25) is 5.91 Å². The molecule has 0 bridgehead atoms. The highest BCUT2D eigenvalue weighted by molar-refractivity contribution is 5.77. The number of rotatable bonds is 8. The Morgan fingerprint density at radius 1 is 1.53 bits per heavy atom. The predicted molar refractivity (Wildman–Crippen MR) is 74.4 cm³/mol. The summed E-state index contributed by atoms with van der Waals surface area (Å²) in [5.41, 5.74) is 6.52. The van der Waals surface area contributed by atoms with E-state index in [4.69, 9.17) is 10.5 Å². The SMILES string of the molecule is CC(C)OCC(=O)N(CCCN)Cc1cccnc1. The molecule has 0 aromatic carbocycles. The number of hydrogen-bond donors (Lipinski definition) is 1. The fourth-order valence-corrected chi connectivity index (χ4v) is 1.62. The van der Waals surface area contributed by atoms with Crippen molar-refractivity contribution in [3.8, 4) is 0 Å². The lowest BCUT2D eigenvalue weighted by molar-refractivity contribution is -0.138. The second-order valence-electron chi connectivity index (χ2n) is 4.68. The van der Waals surface area contributed by atoms with Crippen molar-refractivity contribution in [2.45, 2.75) is 32.9 Å². The third-order valence-corrected chi connectivity index (χ3v) is 2.62. The van der Waals surface area contributed by atoms with Crippen LogP contribution in [0.2, 0.25) is 0 Å². The molecule has 0 radical (unpaired) electrons. The first-order valence-corrected chi connectivity index (χ1v) is 6.62. The summed E-state index contributed by atoms with van der Waals surface area (Å²) in [5.74, 6) is -0.00833.